The van der Waals surface area contributed by atoms with E-state index in [1.54, 1.807) is 6.92 Å². The van der Waals surface area contributed by atoms with E-state index in [2.05, 4.69) is 10.3 Å². The lowest BCUT2D eigenvalue weighted by Crippen LogP contribution is -2.28. The van der Waals surface area contributed by atoms with Crippen LogP contribution in [0.25, 0.3) is 0 Å². The van der Waals surface area contributed by atoms with Gasteiger partial charge in [0.2, 0.25) is 0 Å². The third-order valence-electron chi connectivity index (χ3n) is 3.09. The summed E-state index contributed by atoms with van der Waals surface area (Å²) in [6.45, 7) is 5.71. The van der Waals surface area contributed by atoms with Crippen molar-refractivity contribution in [3.05, 3.63) is 65.2 Å². The molecule has 2 rings (SSSR count). The quantitative estimate of drug-likeness (QED) is 0.652. The topological polar surface area (TPSA) is 41.5 Å². The van der Waals surface area contributed by atoms with Gasteiger partial charge in [0, 0.05) is 5.56 Å². The molecule has 0 aliphatic rings. The Morgan fingerprint density at radius 3 is 2.20 bits per heavy atom. The summed E-state index contributed by atoms with van der Waals surface area (Å²) < 4.78 is 0. The minimum atomic E-state index is -0.127. The summed E-state index contributed by atoms with van der Waals surface area (Å²) in [5.74, 6) is 0.463. The summed E-state index contributed by atoms with van der Waals surface area (Å²) in [6.07, 6.45) is 0. The van der Waals surface area contributed by atoms with E-state index < -0.39 is 0 Å². The van der Waals surface area contributed by atoms with Crippen molar-refractivity contribution in [1.29, 1.82) is 0 Å². The number of aliphatic imine (C=N–C) groups is 1. The second-order valence-electron chi connectivity index (χ2n) is 4.75. The first-order valence-corrected chi connectivity index (χ1v) is 6.56. The molecule has 0 bridgehead atoms. The highest BCUT2D eigenvalue weighted by atomic mass is 16.1. The molecule has 1 amide bonds. The number of amidine groups is 1. The van der Waals surface area contributed by atoms with E-state index in [9.17, 15) is 4.79 Å². The lowest BCUT2D eigenvalue weighted by Gasteiger charge is -2.07. The highest BCUT2D eigenvalue weighted by Crippen LogP contribution is 2.17. The molecule has 3 heteroatoms. The average Bonchev–Trinajstić information content (AvgIpc) is 2.41. The minimum Gasteiger partial charge on any atom is -0.310 e. The van der Waals surface area contributed by atoms with Crippen LogP contribution in [0.5, 0.6) is 0 Å². The number of benzene rings is 2. The number of hydrogen-bond acceptors (Lipinski definition) is 2. The molecule has 0 atom stereocenters. The van der Waals surface area contributed by atoms with Gasteiger partial charge in [0.15, 0.2) is 0 Å². The third-order valence-corrected chi connectivity index (χ3v) is 3.09. The van der Waals surface area contributed by atoms with Crippen molar-refractivity contribution in [2.75, 3.05) is 0 Å². The largest absolute Gasteiger partial charge is 0.310 e. The van der Waals surface area contributed by atoms with E-state index in [0.29, 0.717) is 11.4 Å². The summed E-state index contributed by atoms with van der Waals surface area (Å²) >= 11 is 0. The van der Waals surface area contributed by atoms with E-state index in [4.69, 9.17) is 0 Å². The summed E-state index contributed by atoms with van der Waals surface area (Å²) in [5.41, 5.74) is 3.58. The van der Waals surface area contributed by atoms with E-state index in [0.717, 1.165) is 16.8 Å². The number of carbonyl (C=O) groups is 1. The molecule has 2 aromatic carbocycles. The summed E-state index contributed by atoms with van der Waals surface area (Å²) in [7, 11) is 0. The van der Waals surface area contributed by atoms with Crippen LogP contribution >= 0.6 is 0 Å². The second kappa shape index (κ2) is 6.15. The van der Waals surface area contributed by atoms with Crippen LogP contribution in [0.2, 0.25) is 0 Å². The van der Waals surface area contributed by atoms with Crippen LogP contribution in [0.15, 0.2) is 53.5 Å². The molecular weight excluding hydrogens is 248 g/mol. The second-order valence-corrected chi connectivity index (χ2v) is 4.75. The maximum atomic E-state index is 12.2. The summed E-state index contributed by atoms with van der Waals surface area (Å²) in [6, 6.07) is 15.3. The Bertz CT molecular complexity index is 660. The molecule has 2 aromatic rings. The van der Waals surface area contributed by atoms with Crippen molar-refractivity contribution in [3.8, 4) is 0 Å². The SMILES string of the molecule is CC(=Nc1ccccc1C)NC(=O)c1ccccc1C. The Hall–Kier alpha value is -2.42. The molecule has 1 N–H and O–H groups in total. The summed E-state index contributed by atoms with van der Waals surface area (Å²) in [5, 5.41) is 2.82. The Morgan fingerprint density at radius 1 is 0.950 bits per heavy atom. The lowest BCUT2D eigenvalue weighted by atomic mass is 10.1. The number of nitrogens with one attached hydrogen (secondary N) is 1. The molecule has 0 fully saturated rings. The van der Waals surface area contributed by atoms with Gasteiger partial charge in [-0.25, -0.2) is 4.99 Å². The van der Waals surface area contributed by atoms with Gasteiger partial charge in [-0.2, -0.15) is 0 Å². The predicted octanol–water partition coefficient (Wildman–Crippen LogP) is 3.78. The van der Waals surface area contributed by atoms with E-state index >= 15 is 0 Å². The van der Waals surface area contributed by atoms with Crippen molar-refractivity contribution in [2.24, 2.45) is 4.99 Å². The normalized spacial score (nSPS) is 11.2. The number of rotatable bonds is 2. The lowest BCUT2D eigenvalue weighted by molar-refractivity contribution is 0.0976. The number of nitrogens with zero attached hydrogens (tertiary/aromatic N) is 1. The number of aryl methyl sites for hydroxylation is 2. The molecule has 0 radical (unpaired) electrons. The molecular formula is C17H18N2O. The van der Waals surface area contributed by atoms with Crippen LogP contribution in [0.3, 0.4) is 0 Å². The van der Waals surface area contributed by atoms with E-state index in [1.165, 1.54) is 0 Å². The zero-order chi connectivity index (χ0) is 14.5. The average molecular weight is 266 g/mol. The highest BCUT2D eigenvalue weighted by molar-refractivity contribution is 6.06. The molecule has 0 aromatic heterocycles. The number of hydrogen-bond donors (Lipinski definition) is 1. The van der Waals surface area contributed by atoms with Crippen molar-refractivity contribution in [3.63, 3.8) is 0 Å². The molecule has 3 nitrogen and oxygen atoms in total. The van der Waals surface area contributed by atoms with Gasteiger partial charge < -0.3 is 5.32 Å². The first-order chi connectivity index (χ1) is 9.58. The van der Waals surface area contributed by atoms with Crippen LogP contribution in [0.1, 0.15) is 28.4 Å². The van der Waals surface area contributed by atoms with Gasteiger partial charge in [0.1, 0.15) is 5.84 Å². The predicted molar refractivity (Wildman–Crippen MR) is 82.6 cm³/mol. The minimum absolute atomic E-state index is 0.127. The van der Waals surface area contributed by atoms with Crippen molar-refractivity contribution >= 4 is 17.4 Å². The van der Waals surface area contributed by atoms with Crippen LogP contribution in [-0.4, -0.2) is 11.7 Å². The molecule has 0 aliphatic carbocycles. The van der Waals surface area contributed by atoms with Crippen LogP contribution in [-0.2, 0) is 0 Å². The van der Waals surface area contributed by atoms with Crippen molar-refractivity contribution in [2.45, 2.75) is 20.8 Å². The number of amides is 1. The number of carbonyl (C=O) groups excluding carboxylic acids is 1. The maximum Gasteiger partial charge on any atom is 0.256 e. The van der Waals surface area contributed by atoms with Gasteiger partial charge in [-0.1, -0.05) is 36.4 Å². The van der Waals surface area contributed by atoms with Crippen molar-refractivity contribution < 1.29 is 4.79 Å². The van der Waals surface area contributed by atoms with Gasteiger partial charge in [-0.15, -0.1) is 0 Å². The third kappa shape index (κ3) is 3.32. The van der Waals surface area contributed by atoms with Crippen molar-refractivity contribution in [1.82, 2.24) is 5.32 Å². The fraction of sp³-hybridized carbons (Fsp3) is 0.176. The Kier molecular flexibility index (Phi) is 4.31. The van der Waals surface area contributed by atoms with Crippen LogP contribution < -0.4 is 5.32 Å². The first-order valence-electron chi connectivity index (χ1n) is 6.56. The van der Waals surface area contributed by atoms with Gasteiger partial charge in [0.05, 0.1) is 5.69 Å². The molecule has 0 spiro atoms. The first kappa shape index (κ1) is 14.0. The molecule has 0 aliphatic heterocycles. The number of para-hydroxylation sites is 1. The fourth-order valence-corrected chi connectivity index (χ4v) is 1.96. The van der Waals surface area contributed by atoms with E-state index in [1.807, 2.05) is 62.4 Å². The molecule has 0 saturated heterocycles. The highest BCUT2D eigenvalue weighted by Gasteiger charge is 2.08. The van der Waals surface area contributed by atoms with Gasteiger partial charge >= 0.3 is 0 Å². The van der Waals surface area contributed by atoms with Crippen LogP contribution in [0, 0.1) is 13.8 Å². The standard InChI is InChI=1S/C17H18N2O/c1-12-8-4-6-10-15(12)17(20)19-14(3)18-16-11-7-5-9-13(16)2/h4-11H,1-3H3,(H,18,19,20). The monoisotopic (exact) mass is 266 g/mol. The molecule has 102 valence electrons. The molecule has 20 heavy (non-hydrogen) atoms. The van der Waals surface area contributed by atoms with Crippen LogP contribution in [0.4, 0.5) is 5.69 Å². The fourth-order valence-electron chi connectivity index (χ4n) is 1.96. The molecule has 0 unspecified atom stereocenters. The Labute approximate surface area is 119 Å². The molecule has 0 saturated carbocycles. The maximum absolute atomic E-state index is 12.2. The zero-order valence-electron chi connectivity index (χ0n) is 12.0. The smallest absolute Gasteiger partial charge is 0.256 e. The van der Waals surface area contributed by atoms with Gasteiger partial charge in [-0.3, -0.25) is 4.79 Å². The van der Waals surface area contributed by atoms with Gasteiger partial charge in [-0.05, 0) is 44.0 Å². The zero-order valence-corrected chi connectivity index (χ0v) is 12.0. The molecule has 0 heterocycles. The Balaban J connectivity index is 2.16. The van der Waals surface area contributed by atoms with E-state index in [-0.39, 0.29) is 5.91 Å². The Morgan fingerprint density at radius 2 is 1.55 bits per heavy atom. The summed E-state index contributed by atoms with van der Waals surface area (Å²) in [4.78, 5) is 16.6. The van der Waals surface area contributed by atoms with Gasteiger partial charge in [0.25, 0.3) is 5.91 Å².